The summed E-state index contributed by atoms with van der Waals surface area (Å²) >= 11 is 0. The monoisotopic (exact) mass is 348 g/mol. The van der Waals surface area contributed by atoms with E-state index >= 15 is 0 Å². The number of rotatable bonds is 4. The van der Waals surface area contributed by atoms with Crippen molar-refractivity contribution in [1.29, 1.82) is 0 Å². The maximum absolute atomic E-state index is 12.4. The quantitative estimate of drug-likeness (QED) is 0.541. The summed E-state index contributed by atoms with van der Waals surface area (Å²) in [4.78, 5) is 24.7. The number of benzene rings is 1. The number of allylic oxidation sites excluding steroid dienone is 2. The molecule has 0 spiro atoms. The van der Waals surface area contributed by atoms with E-state index in [1.165, 1.54) is 20.3 Å². The number of carbonyl (C=O) groups excluding carboxylic acids is 2. The molecule has 3 N–H and O–H groups in total. The fourth-order valence-electron chi connectivity index (χ4n) is 3.01. The Bertz CT molecular complexity index is 728. The Balaban J connectivity index is 2.78. The number of carbonyl (C=O) groups is 2. The molecule has 0 radical (unpaired) electrons. The van der Waals surface area contributed by atoms with E-state index in [-0.39, 0.29) is 16.8 Å². The maximum atomic E-state index is 12.4. The fraction of sp³-hybridized carbons (Fsp3) is 0.294. The van der Waals surface area contributed by atoms with Gasteiger partial charge in [-0.05, 0) is 13.8 Å². The van der Waals surface area contributed by atoms with E-state index in [2.05, 4.69) is 5.32 Å². The zero-order valence-corrected chi connectivity index (χ0v) is 14.4. The van der Waals surface area contributed by atoms with Gasteiger partial charge in [-0.3, -0.25) is 0 Å². The lowest BCUT2D eigenvalue weighted by atomic mass is 9.79. The third-order valence-corrected chi connectivity index (χ3v) is 4.07. The Kier molecular flexibility index (Phi) is 5.58. The zero-order valence-electron chi connectivity index (χ0n) is 14.4. The molecule has 0 saturated carbocycles. The molecule has 0 amide bonds. The number of esters is 2. The third-order valence-electron chi connectivity index (χ3n) is 4.07. The van der Waals surface area contributed by atoms with E-state index in [4.69, 9.17) is 9.47 Å². The first-order valence-corrected chi connectivity index (χ1v) is 7.50. The highest BCUT2D eigenvalue weighted by molar-refractivity contribution is 6.00. The topological polar surface area (TPSA) is 112 Å². The molecule has 134 valence electrons. The summed E-state index contributed by atoms with van der Waals surface area (Å²) in [6.45, 7) is 3.33. The summed E-state index contributed by atoms with van der Waals surface area (Å²) in [5.41, 5.74) is 1.63. The van der Waals surface area contributed by atoms with Gasteiger partial charge in [-0.15, -0.1) is 0 Å². The molecule has 1 aliphatic rings. The van der Waals surface area contributed by atoms with Crippen LogP contribution >= 0.6 is 0 Å². The van der Waals surface area contributed by atoms with E-state index in [0.29, 0.717) is 17.0 Å². The van der Waals surface area contributed by atoms with Gasteiger partial charge in [0.25, 0.3) is 0 Å². The van der Waals surface area contributed by atoms with Crippen LogP contribution < -0.4 is 10.5 Å². The second-order valence-electron chi connectivity index (χ2n) is 5.51. The standard InChI is InChI=1S/C17H20N2O6/c1-9-13(16(20)24-3)15(14(10(2)18-9)17(21)25-4)11-7-5-6-8-12(11)19(22)23/h5-8,15,18-19,22H,1-4H3. The van der Waals surface area contributed by atoms with Gasteiger partial charge >= 0.3 is 11.9 Å². The Morgan fingerprint density at radius 3 is 2.00 bits per heavy atom. The van der Waals surface area contributed by atoms with Crippen LogP contribution in [0, 0.1) is 5.21 Å². The first kappa shape index (κ1) is 18.7. The molecule has 0 bridgehead atoms. The molecule has 0 aliphatic carbocycles. The fourth-order valence-corrected chi connectivity index (χ4v) is 3.01. The lowest BCUT2D eigenvalue weighted by molar-refractivity contribution is -0.991. The SMILES string of the molecule is COC(=O)C1=C(C)NC(C)=C(C(=O)OC)C1c1ccccc1[NH+]([O-])O. The van der Waals surface area contributed by atoms with Crippen LogP contribution in [0.1, 0.15) is 25.3 Å². The van der Waals surface area contributed by atoms with Crippen LogP contribution in [0.4, 0.5) is 5.69 Å². The Morgan fingerprint density at radius 1 is 1.08 bits per heavy atom. The van der Waals surface area contributed by atoms with Crippen molar-refractivity contribution < 1.29 is 29.5 Å². The number of hydrogen-bond donors (Lipinski definition) is 3. The molecule has 1 aromatic rings. The van der Waals surface area contributed by atoms with Crippen LogP contribution in [0.15, 0.2) is 46.8 Å². The van der Waals surface area contributed by atoms with Gasteiger partial charge in [-0.1, -0.05) is 18.2 Å². The molecule has 8 nitrogen and oxygen atoms in total. The van der Waals surface area contributed by atoms with Gasteiger partial charge < -0.3 is 20.0 Å². The molecule has 2 rings (SSSR count). The highest BCUT2D eigenvalue weighted by atomic mass is 16.8. The van der Waals surface area contributed by atoms with Crippen LogP contribution in [0.5, 0.6) is 0 Å². The molecule has 8 heteroatoms. The van der Waals surface area contributed by atoms with Crippen molar-refractivity contribution in [2.24, 2.45) is 0 Å². The van der Waals surface area contributed by atoms with E-state index in [1.807, 2.05) is 0 Å². The molecule has 1 atom stereocenters. The minimum Gasteiger partial charge on any atom is -0.595 e. The van der Waals surface area contributed by atoms with Crippen molar-refractivity contribution in [3.05, 3.63) is 57.6 Å². The number of para-hydroxylation sites is 1. The predicted octanol–water partition coefficient (Wildman–Crippen LogP) is 0.671. The van der Waals surface area contributed by atoms with Gasteiger partial charge in [0, 0.05) is 23.0 Å². The van der Waals surface area contributed by atoms with Gasteiger partial charge in [0.15, 0.2) is 5.69 Å². The van der Waals surface area contributed by atoms with Crippen molar-refractivity contribution in [3.63, 3.8) is 0 Å². The second kappa shape index (κ2) is 7.47. The molecular formula is C17H20N2O6. The normalized spacial score (nSPS) is 16.4. The number of ether oxygens (including phenoxy) is 2. The Hall–Kier alpha value is -2.68. The largest absolute Gasteiger partial charge is 0.595 e. The number of hydrogen-bond acceptors (Lipinski definition) is 7. The molecular weight excluding hydrogens is 328 g/mol. The van der Waals surface area contributed by atoms with Crippen molar-refractivity contribution in [3.8, 4) is 0 Å². The summed E-state index contributed by atoms with van der Waals surface area (Å²) < 4.78 is 9.70. The van der Waals surface area contributed by atoms with Gasteiger partial charge in [0.05, 0.1) is 31.3 Å². The number of dihydropyridines is 1. The van der Waals surface area contributed by atoms with Gasteiger partial charge in [-0.25, -0.2) is 14.8 Å². The van der Waals surface area contributed by atoms with E-state index in [0.717, 1.165) is 0 Å². The average Bonchev–Trinajstić information content (AvgIpc) is 2.59. The van der Waals surface area contributed by atoms with Crippen LogP contribution in [0.3, 0.4) is 0 Å². The van der Waals surface area contributed by atoms with Gasteiger partial charge in [-0.2, -0.15) is 5.23 Å². The minimum absolute atomic E-state index is 0.00203. The summed E-state index contributed by atoms with van der Waals surface area (Å²) in [6, 6.07) is 6.23. The van der Waals surface area contributed by atoms with Crippen LogP contribution in [0.25, 0.3) is 0 Å². The van der Waals surface area contributed by atoms with E-state index in [1.54, 1.807) is 32.0 Å². The predicted molar refractivity (Wildman–Crippen MR) is 87.5 cm³/mol. The number of quaternary nitrogens is 1. The third kappa shape index (κ3) is 3.41. The highest BCUT2D eigenvalue weighted by Gasteiger charge is 2.39. The first-order chi connectivity index (χ1) is 11.8. The summed E-state index contributed by atoms with van der Waals surface area (Å²) in [5.74, 6) is -2.21. The molecule has 1 unspecified atom stereocenters. The highest BCUT2D eigenvalue weighted by Crippen LogP contribution is 2.41. The van der Waals surface area contributed by atoms with Crippen LogP contribution in [-0.2, 0) is 19.1 Å². The zero-order chi connectivity index (χ0) is 18.7. The lowest BCUT2D eigenvalue weighted by Gasteiger charge is -2.31. The summed E-state index contributed by atoms with van der Waals surface area (Å²) in [7, 11) is 2.46. The second-order valence-corrected chi connectivity index (χ2v) is 5.51. The lowest BCUT2D eigenvalue weighted by Crippen LogP contribution is -2.99. The summed E-state index contributed by atoms with van der Waals surface area (Å²) in [5, 5.41) is 23.0. The summed E-state index contributed by atoms with van der Waals surface area (Å²) in [6.07, 6.45) is 0. The van der Waals surface area contributed by atoms with Crippen molar-refractivity contribution in [1.82, 2.24) is 5.32 Å². The van der Waals surface area contributed by atoms with Gasteiger partial charge in [0.2, 0.25) is 0 Å². The number of methoxy groups -OCH3 is 2. The van der Waals surface area contributed by atoms with Crippen molar-refractivity contribution in [2.45, 2.75) is 19.8 Å². The van der Waals surface area contributed by atoms with Crippen molar-refractivity contribution in [2.75, 3.05) is 14.2 Å². The molecule has 1 heterocycles. The first-order valence-electron chi connectivity index (χ1n) is 7.50. The van der Waals surface area contributed by atoms with Crippen LogP contribution in [-0.4, -0.2) is 31.4 Å². The maximum Gasteiger partial charge on any atom is 0.336 e. The Labute approximate surface area is 144 Å². The van der Waals surface area contributed by atoms with Crippen LogP contribution in [0.2, 0.25) is 0 Å². The average molecular weight is 348 g/mol. The Morgan fingerprint density at radius 2 is 1.56 bits per heavy atom. The van der Waals surface area contributed by atoms with Crippen molar-refractivity contribution >= 4 is 17.6 Å². The molecule has 0 fully saturated rings. The minimum atomic E-state index is -1.15. The molecule has 0 saturated heterocycles. The molecule has 1 aromatic carbocycles. The molecule has 25 heavy (non-hydrogen) atoms. The van der Waals surface area contributed by atoms with E-state index in [9.17, 15) is 20.0 Å². The number of nitrogens with one attached hydrogen (secondary N) is 2. The molecule has 0 aromatic heterocycles. The van der Waals surface area contributed by atoms with Gasteiger partial charge in [0.1, 0.15) is 0 Å². The smallest absolute Gasteiger partial charge is 0.336 e. The molecule has 1 aliphatic heterocycles. The van der Waals surface area contributed by atoms with E-state index < -0.39 is 23.1 Å².